The summed E-state index contributed by atoms with van der Waals surface area (Å²) in [6.45, 7) is 1.98. The van der Waals surface area contributed by atoms with E-state index in [1.54, 1.807) is 7.11 Å². The molecule has 0 aromatic heterocycles. The van der Waals surface area contributed by atoms with Gasteiger partial charge in [-0.15, -0.1) is 0 Å². The van der Waals surface area contributed by atoms with Crippen molar-refractivity contribution in [3.8, 4) is 0 Å². The Bertz CT molecular complexity index is 272. The van der Waals surface area contributed by atoms with Gasteiger partial charge in [-0.1, -0.05) is 12.2 Å². The van der Waals surface area contributed by atoms with Crippen LogP contribution in [0.15, 0.2) is 12.2 Å². The highest BCUT2D eigenvalue weighted by atomic mass is 16.6. The van der Waals surface area contributed by atoms with Gasteiger partial charge in [0.05, 0.1) is 6.61 Å². The first-order valence-corrected chi connectivity index (χ1v) is 5.55. The Morgan fingerprint density at radius 3 is 2.73 bits per heavy atom. The third kappa shape index (κ3) is 2.23. The molecule has 1 fully saturated rings. The zero-order chi connectivity index (χ0) is 10.8. The minimum Gasteiger partial charge on any atom is -0.460 e. The number of ether oxygens (including phenoxy) is 2. The van der Waals surface area contributed by atoms with Crippen LogP contribution in [0.2, 0.25) is 0 Å². The molecule has 84 valence electrons. The molecule has 0 saturated heterocycles. The number of hydrogen-bond acceptors (Lipinski definition) is 3. The molecule has 3 unspecified atom stereocenters. The van der Waals surface area contributed by atoms with E-state index >= 15 is 0 Å². The summed E-state index contributed by atoms with van der Waals surface area (Å²) in [5.41, 5.74) is 0. The van der Waals surface area contributed by atoms with Crippen LogP contribution in [0, 0.1) is 17.8 Å². The molecule has 0 N–H and O–H groups in total. The van der Waals surface area contributed by atoms with E-state index < -0.39 is 0 Å². The largest absolute Gasteiger partial charge is 0.460 e. The second-order valence-electron chi connectivity index (χ2n) is 4.55. The second-order valence-corrected chi connectivity index (χ2v) is 4.55. The van der Waals surface area contributed by atoms with Crippen molar-refractivity contribution in [1.29, 1.82) is 0 Å². The fraction of sp³-hybridized carbons (Fsp3) is 0.750. The topological polar surface area (TPSA) is 35.5 Å². The molecule has 2 bridgehead atoms. The summed E-state index contributed by atoms with van der Waals surface area (Å²) < 4.78 is 10.5. The van der Waals surface area contributed by atoms with E-state index in [9.17, 15) is 4.79 Å². The maximum atomic E-state index is 11.0. The first-order chi connectivity index (χ1) is 7.20. The fourth-order valence-corrected chi connectivity index (χ4v) is 2.87. The van der Waals surface area contributed by atoms with Crippen molar-refractivity contribution in [1.82, 2.24) is 0 Å². The van der Waals surface area contributed by atoms with Gasteiger partial charge in [0.1, 0.15) is 6.10 Å². The van der Waals surface area contributed by atoms with Gasteiger partial charge >= 0.3 is 5.97 Å². The number of hydrogen-bond donors (Lipinski definition) is 0. The smallest absolute Gasteiger partial charge is 0.302 e. The second kappa shape index (κ2) is 4.35. The standard InChI is InChI=1S/C12H18O3/c1-8(13)15-12(7-14-2)11-6-9-3-4-10(11)5-9/h3-4,9-12H,5-7H2,1-2H3/t9?,10?,11?,12-/m1/s1. The van der Waals surface area contributed by atoms with E-state index in [0.29, 0.717) is 24.4 Å². The summed E-state index contributed by atoms with van der Waals surface area (Å²) in [5, 5.41) is 0. The van der Waals surface area contributed by atoms with Crippen LogP contribution in [0.5, 0.6) is 0 Å². The third-order valence-electron chi connectivity index (χ3n) is 3.46. The molecule has 0 aromatic rings. The van der Waals surface area contributed by atoms with Gasteiger partial charge in [-0.25, -0.2) is 0 Å². The van der Waals surface area contributed by atoms with Gasteiger partial charge in [0.25, 0.3) is 0 Å². The molecule has 0 aliphatic heterocycles. The first-order valence-electron chi connectivity index (χ1n) is 5.55. The monoisotopic (exact) mass is 210 g/mol. The molecule has 2 aliphatic carbocycles. The van der Waals surface area contributed by atoms with Crippen LogP contribution in [-0.2, 0) is 14.3 Å². The van der Waals surface area contributed by atoms with Crippen LogP contribution in [0.1, 0.15) is 19.8 Å². The van der Waals surface area contributed by atoms with Crippen molar-refractivity contribution in [2.24, 2.45) is 17.8 Å². The normalized spacial score (nSPS) is 34.4. The van der Waals surface area contributed by atoms with Gasteiger partial charge < -0.3 is 9.47 Å². The number of fused-ring (bicyclic) bond motifs is 2. The Morgan fingerprint density at radius 2 is 2.27 bits per heavy atom. The van der Waals surface area contributed by atoms with Gasteiger partial charge in [-0.05, 0) is 24.7 Å². The van der Waals surface area contributed by atoms with E-state index in [2.05, 4.69) is 12.2 Å². The molecule has 2 rings (SSSR count). The molecule has 3 nitrogen and oxygen atoms in total. The lowest BCUT2D eigenvalue weighted by molar-refractivity contribution is -0.153. The molecule has 3 heteroatoms. The predicted molar refractivity (Wildman–Crippen MR) is 56.3 cm³/mol. The Hall–Kier alpha value is -0.830. The number of carbonyl (C=O) groups is 1. The molecule has 4 atom stereocenters. The Labute approximate surface area is 90.4 Å². The van der Waals surface area contributed by atoms with Crippen LogP contribution >= 0.6 is 0 Å². The maximum Gasteiger partial charge on any atom is 0.302 e. The number of rotatable bonds is 4. The van der Waals surface area contributed by atoms with Crippen LogP contribution in [0.3, 0.4) is 0 Å². The fourth-order valence-electron chi connectivity index (χ4n) is 2.87. The average Bonchev–Trinajstić information content (AvgIpc) is 2.77. The Kier molecular flexibility index (Phi) is 3.10. The Balaban J connectivity index is 1.98. The lowest BCUT2D eigenvalue weighted by atomic mass is 9.88. The van der Waals surface area contributed by atoms with Crippen LogP contribution in [0.25, 0.3) is 0 Å². The minimum absolute atomic E-state index is 0.0625. The van der Waals surface area contributed by atoms with E-state index in [0.717, 1.165) is 6.42 Å². The summed E-state index contributed by atoms with van der Waals surface area (Å²) in [6, 6.07) is 0. The summed E-state index contributed by atoms with van der Waals surface area (Å²) in [7, 11) is 1.65. The summed E-state index contributed by atoms with van der Waals surface area (Å²) in [5.74, 6) is 1.55. The van der Waals surface area contributed by atoms with Crippen LogP contribution < -0.4 is 0 Å². The number of allylic oxidation sites excluding steroid dienone is 2. The minimum atomic E-state index is -0.205. The van der Waals surface area contributed by atoms with Gasteiger partial charge in [-0.3, -0.25) is 4.79 Å². The zero-order valence-electron chi connectivity index (χ0n) is 9.31. The maximum absolute atomic E-state index is 11.0. The molecule has 0 amide bonds. The first kappa shape index (κ1) is 10.7. The van der Waals surface area contributed by atoms with Gasteiger partial charge in [0.15, 0.2) is 0 Å². The predicted octanol–water partition coefficient (Wildman–Crippen LogP) is 1.78. The molecular weight excluding hydrogens is 192 g/mol. The van der Waals surface area contributed by atoms with Crippen molar-refractivity contribution in [3.63, 3.8) is 0 Å². The molecule has 0 heterocycles. The van der Waals surface area contributed by atoms with Crippen LogP contribution in [0.4, 0.5) is 0 Å². The molecule has 0 radical (unpaired) electrons. The zero-order valence-corrected chi connectivity index (χ0v) is 9.31. The van der Waals surface area contributed by atoms with E-state index in [4.69, 9.17) is 9.47 Å². The third-order valence-corrected chi connectivity index (χ3v) is 3.46. The molecule has 0 aromatic carbocycles. The van der Waals surface area contributed by atoms with Gasteiger partial charge in [-0.2, -0.15) is 0 Å². The van der Waals surface area contributed by atoms with E-state index in [-0.39, 0.29) is 12.1 Å². The van der Waals surface area contributed by atoms with Crippen molar-refractivity contribution in [2.75, 3.05) is 13.7 Å². The SMILES string of the molecule is COC[C@@H](OC(C)=O)C1CC2C=CC1C2. The highest BCUT2D eigenvalue weighted by Gasteiger charge is 2.41. The Morgan fingerprint density at radius 1 is 1.47 bits per heavy atom. The van der Waals surface area contributed by atoms with Crippen molar-refractivity contribution >= 4 is 5.97 Å². The lowest BCUT2D eigenvalue weighted by Gasteiger charge is -2.27. The molecular formula is C12H18O3. The average molecular weight is 210 g/mol. The van der Waals surface area contributed by atoms with Crippen molar-refractivity contribution < 1.29 is 14.3 Å². The summed E-state index contributed by atoms with van der Waals surface area (Å²) >= 11 is 0. The number of esters is 1. The van der Waals surface area contributed by atoms with E-state index in [1.807, 2.05) is 0 Å². The van der Waals surface area contributed by atoms with Crippen molar-refractivity contribution in [2.45, 2.75) is 25.9 Å². The van der Waals surface area contributed by atoms with Crippen LogP contribution in [-0.4, -0.2) is 25.8 Å². The number of methoxy groups -OCH3 is 1. The summed E-state index contributed by atoms with van der Waals surface area (Å²) in [4.78, 5) is 11.0. The highest BCUT2D eigenvalue weighted by molar-refractivity contribution is 5.66. The summed E-state index contributed by atoms with van der Waals surface area (Å²) in [6.07, 6.45) is 6.87. The molecule has 1 saturated carbocycles. The van der Waals surface area contributed by atoms with Gasteiger partial charge in [0.2, 0.25) is 0 Å². The van der Waals surface area contributed by atoms with Gasteiger partial charge in [0, 0.05) is 20.0 Å². The lowest BCUT2D eigenvalue weighted by Crippen LogP contribution is -2.32. The number of carbonyl (C=O) groups excluding carboxylic acids is 1. The highest BCUT2D eigenvalue weighted by Crippen LogP contribution is 2.45. The quantitative estimate of drug-likeness (QED) is 0.524. The molecule has 15 heavy (non-hydrogen) atoms. The molecule has 2 aliphatic rings. The van der Waals surface area contributed by atoms with Crippen molar-refractivity contribution in [3.05, 3.63) is 12.2 Å². The molecule has 0 spiro atoms. The van der Waals surface area contributed by atoms with E-state index in [1.165, 1.54) is 13.3 Å².